The fourth-order valence-corrected chi connectivity index (χ4v) is 2.05. The van der Waals surface area contributed by atoms with Crippen LogP contribution in [0, 0.1) is 27.2 Å². The Kier molecular flexibility index (Phi) is 4.49. The summed E-state index contributed by atoms with van der Waals surface area (Å²) in [5, 5.41) is 21.9. The molecule has 1 unspecified atom stereocenters. The highest BCUT2D eigenvalue weighted by atomic mass is 16.6. The van der Waals surface area contributed by atoms with Crippen LogP contribution in [-0.2, 0) is 9.53 Å². The van der Waals surface area contributed by atoms with Crippen LogP contribution in [-0.4, -0.2) is 33.5 Å². The minimum Gasteiger partial charge on any atom is -0.419 e. The first-order chi connectivity index (χ1) is 11.2. The van der Waals surface area contributed by atoms with Crippen molar-refractivity contribution < 1.29 is 24.2 Å². The molecule has 24 heavy (non-hydrogen) atoms. The van der Waals surface area contributed by atoms with Gasteiger partial charge in [0, 0.05) is 28.3 Å². The van der Waals surface area contributed by atoms with Gasteiger partial charge < -0.3 is 4.74 Å². The summed E-state index contributed by atoms with van der Waals surface area (Å²) >= 11 is 0. The molecule has 0 fully saturated rings. The third kappa shape index (κ3) is 3.32. The molecule has 1 atom stereocenters. The highest BCUT2D eigenvalue weighted by molar-refractivity contribution is 6.07. The second kappa shape index (κ2) is 6.36. The number of esters is 1. The predicted octanol–water partition coefficient (Wildman–Crippen LogP) is 1.59. The maximum absolute atomic E-state index is 12.1. The minimum atomic E-state index is -1.92. The first kappa shape index (κ1) is 16.9. The number of aryl methyl sites for hydroxylation is 1. The van der Waals surface area contributed by atoms with Crippen molar-refractivity contribution in [1.82, 2.24) is 0 Å². The van der Waals surface area contributed by atoms with Crippen LogP contribution in [0.4, 0.5) is 5.69 Å². The molecule has 1 aromatic rings. The van der Waals surface area contributed by atoms with Crippen molar-refractivity contribution in [3.63, 3.8) is 0 Å². The van der Waals surface area contributed by atoms with E-state index in [0.29, 0.717) is 5.56 Å². The van der Waals surface area contributed by atoms with Gasteiger partial charge in [0.2, 0.25) is 0 Å². The number of amides is 1. The van der Waals surface area contributed by atoms with Gasteiger partial charge in [0.25, 0.3) is 5.69 Å². The number of rotatable bonds is 4. The van der Waals surface area contributed by atoms with Crippen LogP contribution < -0.4 is 0 Å². The fraction of sp³-hybridized carbons (Fsp3) is 0.214. The second-order valence-corrected chi connectivity index (χ2v) is 4.97. The van der Waals surface area contributed by atoms with Gasteiger partial charge in [-0.3, -0.25) is 25.0 Å². The molecule has 1 aromatic carbocycles. The number of dihydropyridines is 1. The predicted molar refractivity (Wildman–Crippen MR) is 80.2 cm³/mol. The standard InChI is InChI=1S/C14H11N3O7/c1-7-3-4-9(6-10(7)16(20)21)14(19)24-11-5-8(2)15-13(18)12(11)17(22)23/h3-6,12H,1-2H3. The maximum atomic E-state index is 12.1. The van der Waals surface area contributed by atoms with Gasteiger partial charge in [0.1, 0.15) is 0 Å². The quantitative estimate of drug-likeness (QED) is 0.462. The number of hydrogen-bond donors (Lipinski definition) is 0. The number of nitro benzene ring substituents is 1. The van der Waals surface area contributed by atoms with E-state index in [-0.39, 0.29) is 17.0 Å². The third-order valence-corrected chi connectivity index (χ3v) is 3.20. The number of carbonyl (C=O) groups excluding carboxylic acids is 2. The molecule has 0 N–H and O–H groups in total. The van der Waals surface area contributed by atoms with Crippen molar-refractivity contribution in [2.75, 3.05) is 0 Å². The number of carbonyl (C=O) groups is 2. The largest absolute Gasteiger partial charge is 0.419 e. The van der Waals surface area contributed by atoms with E-state index in [2.05, 4.69) is 4.99 Å². The van der Waals surface area contributed by atoms with Gasteiger partial charge in [0.05, 0.1) is 10.5 Å². The monoisotopic (exact) mass is 333 g/mol. The summed E-state index contributed by atoms with van der Waals surface area (Å²) in [5.41, 5.74) is 0.0372. The van der Waals surface area contributed by atoms with E-state index in [9.17, 15) is 29.8 Å². The fourth-order valence-electron chi connectivity index (χ4n) is 2.05. The summed E-state index contributed by atoms with van der Waals surface area (Å²) in [6, 6.07) is 1.73. The Balaban J connectivity index is 2.33. The smallest absolute Gasteiger partial charge is 0.348 e. The molecule has 124 valence electrons. The van der Waals surface area contributed by atoms with Crippen LogP contribution in [0.1, 0.15) is 22.8 Å². The molecule has 1 heterocycles. The van der Waals surface area contributed by atoms with Crippen molar-refractivity contribution in [3.05, 3.63) is 61.4 Å². The van der Waals surface area contributed by atoms with Gasteiger partial charge in [-0.1, -0.05) is 6.07 Å². The summed E-state index contributed by atoms with van der Waals surface area (Å²) in [5.74, 6) is -2.58. The lowest BCUT2D eigenvalue weighted by atomic mass is 10.1. The van der Waals surface area contributed by atoms with E-state index in [1.165, 1.54) is 26.0 Å². The Morgan fingerprint density at radius 1 is 1.25 bits per heavy atom. The molecule has 0 bridgehead atoms. The average Bonchev–Trinajstić information content (AvgIpc) is 2.45. The maximum Gasteiger partial charge on any atom is 0.348 e. The number of allylic oxidation sites excluding steroid dienone is 1. The van der Waals surface area contributed by atoms with Crippen LogP contribution in [0.15, 0.2) is 35.0 Å². The number of hydrogen-bond acceptors (Lipinski definition) is 7. The van der Waals surface area contributed by atoms with Crippen LogP contribution >= 0.6 is 0 Å². The summed E-state index contributed by atoms with van der Waals surface area (Å²) in [6.07, 6.45) is 1.11. The van der Waals surface area contributed by atoms with Crippen molar-refractivity contribution in [3.8, 4) is 0 Å². The van der Waals surface area contributed by atoms with Crippen molar-refractivity contribution in [2.24, 2.45) is 4.99 Å². The number of nitro groups is 2. The number of aliphatic imine (C=N–C) groups is 1. The van der Waals surface area contributed by atoms with Gasteiger partial charge in [-0.05, 0) is 19.9 Å². The normalized spacial score (nSPS) is 16.9. The van der Waals surface area contributed by atoms with Gasteiger partial charge in [-0.25, -0.2) is 9.79 Å². The first-order valence-corrected chi connectivity index (χ1v) is 6.62. The number of ether oxygens (including phenoxy) is 1. The van der Waals surface area contributed by atoms with E-state index < -0.39 is 33.5 Å². The lowest BCUT2D eigenvalue weighted by Crippen LogP contribution is -2.35. The van der Waals surface area contributed by atoms with Gasteiger partial charge in [-0.15, -0.1) is 0 Å². The third-order valence-electron chi connectivity index (χ3n) is 3.20. The van der Waals surface area contributed by atoms with Crippen LogP contribution in [0.5, 0.6) is 0 Å². The molecule has 1 aliphatic heterocycles. The lowest BCUT2D eigenvalue weighted by molar-refractivity contribution is -0.501. The Bertz CT molecular complexity index is 826. The molecular weight excluding hydrogens is 322 g/mol. The van der Waals surface area contributed by atoms with Gasteiger partial charge in [0.15, 0.2) is 5.76 Å². The molecule has 1 amide bonds. The Morgan fingerprint density at radius 3 is 2.50 bits per heavy atom. The Labute approximate surface area is 134 Å². The Morgan fingerprint density at radius 2 is 1.92 bits per heavy atom. The van der Waals surface area contributed by atoms with Crippen LogP contribution in [0.3, 0.4) is 0 Å². The average molecular weight is 333 g/mol. The van der Waals surface area contributed by atoms with E-state index >= 15 is 0 Å². The lowest BCUT2D eigenvalue weighted by Gasteiger charge is -2.14. The highest BCUT2D eigenvalue weighted by Crippen LogP contribution is 2.22. The molecule has 10 nitrogen and oxygen atoms in total. The van der Waals surface area contributed by atoms with Crippen LogP contribution in [0.25, 0.3) is 0 Å². The van der Waals surface area contributed by atoms with E-state index in [1.807, 2.05) is 0 Å². The molecule has 0 radical (unpaired) electrons. The summed E-state index contributed by atoms with van der Waals surface area (Å²) in [4.78, 5) is 47.5. The number of nitrogens with zero attached hydrogens (tertiary/aromatic N) is 3. The zero-order valence-corrected chi connectivity index (χ0v) is 12.6. The summed E-state index contributed by atoms with van der Waals surface area (Å²) in [6.45, 7) is 2.91. The topological polar surface area (TPSA) is 142 Å². The first-order valence-electron chi connectivity index (χ1n) is 6.62. The van der Waals surface area contributed by atoms with Crippen molar-refractivity contribution >= 4 is 23.3 Å². The zero-order chi connectivity index (χ0) is 18.0. The van der Waals surface area contributed by atoms with E-state index in [1.54, 1.807) is 0 Å². The molecule has 2 rings (SSSR count). The van der Waals surface area contributed by atoms with Gasteiger partial charge in [-0.2, -0.15) is 0 Å². The Hall–Kier alpha value is -3.43. The minimum absolute atomic E-state index is 0.149. The van der Waals surface area contributed by atoms with E-state index in [0.717, 1.165) is 12.1 Å². The molecule has 0 aromatic heterocycles. The second-order valence-electron chi connectivity index (χ2n) is 4.97. The molecular formula is C14H11N3O7. The molecule has 0 saturated carbocycles. The molecule has 0 aliphatic carbocycles. The van der Waals surface area contributed by atoms with Crippen molar-refractivity contribution in [2.45, 2.75) is 19.9 Å². The highest BCUT2D eigenvalue weighted by Gasteiger charge is 2.39. The summed E-state index contributed by atoms with van der Waals surface area (Å²) in [7, 11) is 0. The number of benzene rings is 1. The van der Waals surface area contributed by atoms with Crippen LogP contribution in [0.2, 0.25) is 0 Å². The van der Waals surface area contributed by atoms with Gasteiger partial charge >= 0.3 is 17.9 Å². The summed E-state index contributed by atoms with van der Waals surface area (Å²) < 4.78 is 4.92. The van der Waals surface area contributed by atoms with Crippen molar-refractivity contribution in [1.29, 1.82) is 0 Å². The molecule has 10 heteroatoms. The molecule has 0 spiro atoms. The molecule has 0 saturated heterocycles. The SMILES string of the molecule is CC1=NC(=O)C([N+](=O)[O-])C(OC(=O)c2ccc(C)c([N+](=O)[O-])c2)=C1. The van der Waals surface area contributed by atoms with E-state index in [4.69, 9.17) is 4.74 Å². The molecule has 1 aliphatic rings. The zero-order valence-electron chi connectivity index (χ0n) is 12.6.